The molecule has 2 amide bonds. The van der Waals surface area contributed by atoms with Crippen LogP contribution in [0.1, 0.15) is 34.3 Å². The molecule has 1 aliphatic heterocycles. The Morgan fingerprint density at radius 3 is 2.44 bits per heavy atom. The number of likely N-dealkylation sites (tertiary alicyclic amines) is 1. The minimum atomic E-state index is -0.0327. The summed E-state index contributed by atoms with van der Waals surface area (Å²) in [5.74, 6) is 0.787. The van der Waals surface area contributed by atoms with Gasteiger partial charge < -0.3 is 15.0 Å². The number of aryl methyl sites for hydroxylation is 1. The van der Waals surface area contributed by atoms with Crippen LogP contribution in [0.5, 0.6) is 5.75 Å². The van der Waals surface area contributed by atoms with Gasteiger partial charge in [0.1, 0.15) is 5.75 Å². The maximum Gasteiger partial charge on any atom is 0.253 e. The maximum atomic E-state index is 12.6. The zero-order valence-electron chi connectivity index (χ0n) is 15.9. The second kappa shape index (κ2) is 8.71. The van der Waals surface area contributed by atoms with E-state index in [0.717, 1.165) is 11.3 Å². The fourth-order valence-corrected chi connectivity index (χ4v) is 3.42. The average Bonchev–Trinajstić information content (AvgIpc) is 2.72. The Morgan fingerprint density at radius 1 is 1.11 bits per heavy atom. The summed E-state index contributed by atoms with van der Waals surface area (Å²) in [4.78, 5) is 26.9. The van der Waals surface area contributed by atoms with E-state index in [-0.39, 0.29) is 17.7 Å². The Balaban J connectivity index is 1.48. The molecule has 3 rings (SSSR count). The molecule has 5 nitrogen and oxygen atoms in total. The number of benzene rings is 2. The summed E-state index contributed by atoms with van der Waals surface area (Å²) in [5.41, 5.74) is 2.95. The van der Waals surface area contributed by atoms with Crippen molar-refractivity contribution >= 4 is 11.8 Å². The largest absolute Gasteiger partial charge is 0.497 e. The summed E-state index contributed by atoms with van der Waals surface area (Å²) in [6, 6.07) is 15.3. The highest BCUT2D eigenvalue weighted by molar-refractivity contribution is 5.94. The molecule has 0 radical (unpaired) electrons. The molecule has 1 saturated heterocycles. The highest BCUT2D eigenvalue weighted by atomic mass is 16.5. The Hall–Kier alpha value is -2.82. The predicted octanol–water partition coefficient (Wildman–Crippen LogP) is 3.17. The summed E-state index contributed by atoms with van der Waals surface area (Å²) in [6.07, 6.45) is 1.39. The van der Waals surface area contributed by atoms with Crippen LogP contribution in [0.25, 0.3) is 0 Å². The van der Waals surface area contributed by atoms with Crippen molar-refractivity contribution in [3.8, 4) is 5.75 Å². The van der Waals surface area contributed by atoms with Crippen LogP contribution in [0.15, 0.2) is 48.5 Å². The van der Waals surface area contributed by atoms with E-state index in [1.807, 2.05) is 30.0 Å². The molecule has 1 fully saturated rings. The highest BCUT2D eigenvalue weighted by Gasteiger charge is 2.27. The second-order valence-corrected chi connectivity index (χ2v) is 7.00. The minimum absolute atomic E-state index is 0.0104. The lowest BCUT2D eigenvalue weighted by atomic mass is 9.95. The van der Waals surface area contributed by atoms with Gasteiger partial charge in [0, 0.05) is 31.1 Å². The number of carbonyl (C=O) groups is 2. The summed E-state index contributed by atoms with van der Waals surface area (Å²) in [7, 11) is 1.60. The first-order valence-electron chi connectivity index (χ1n) is 9.33. The molecule has 5 heteroatoms. The van der Waals surface area contributed by atoms with Crippen LogP contribution >= 0.6 is 0 Å². The van der Waals surface area contributed by atoms with Gasteiger partial charge in [0.15, 0.2) is 0 Å². The molecule has 27 heavy (non-hydrogen) atoms. The number of hydrogen-bond donors (Lipinski definition) is 1. The monoisotopic (exact) mass is 366 g/mol. The first-order valence-corrected chi connectivity index (χ1v) is 9.33. The third-order valence-electron chi connectivity index (χ3n) is 5.04. The van der Waals surface area contributed by atoms with Gasteiger partial charge in [0.25, 0.3) is 5.91 Å². The SMILES string of the molecule is COc1ccc(C(=O)N2CCC(C(=O)NCc3cccc(C)c3)CC2)cc1. The number of piperidine rings is 1. The van der Waals surface area contributed by atoms with E-state index in [0.29, 0.717) is 38.0 Å². The van der Waals surface area contributed by atoms with Gasteiger partial charge >= 0.3 is 0 Å². The number of ether oxygens (including phenoxy) is 1. The van der Waals surface area contributed by atoms with Gasteiger partial charge in [-0.25, -0.2) is 0 Å². The van der Waals surface area contributed by atoms with Gasteiger partial charge in [-0.2, -0.15) is 0 Å². The number of nitrogens with zero attached hydrogens (tertiary/aromatic N) is 1. The number of nitrogens with one attached hydrogen (secondary N) is 1. The van der Waals surface area contributed by atoms with Gasteiger partial charge in [-0.3, -0.25) is 9.59 Å². The molecule has 1 N–H and O–H groups in total. The molecule has 0 spiro atoms. The molecule has 142 valence electrons. The third kappa shape index (κ3) is 4.88. The van der Waals surface area contributed by atoms with Crippen LogP contribution < -0.4 is 10.1 Å². The van der Waals surface area contributed by atoms with Crippen molar-refractivity contribution in [2.24, 2.45) is 5.92 Å². The maximum absolute atomic E-state index is 12.6. The zero-order chi connectivity index (χ0) is 19.2. The van der Waals surface area contributed by atoms with Crippen LogP contribution in [0.3, 0.4) is 0 Å². The Kier molecular flexibility index (Phi) is 6.12. The van der Waals surface area contributed by atoms with Gasteiger partial charge in [-0.1, -0.05) is 29.8 Å². The van der Waals surface area contributed by atoms with Crippen molar-refractivity contribution in [1.82, 2.24) is 10.2 Å². The first-order chi connectivity index (χ1) is 13.1. The molecule has 0 aromatic heterocycles. The number of carbonyl (C=O) groups excluding carboxylic acids is 2. The van der Waals surface area contributed by atoms with Crippen molar-refractivity contribution in [1.29, 1.82) is 0 Å². The van der Waals surface area contributed by atoms with E-state index < -0.39 is 0 Å². The fourth-order valence-electron chi connectivity index (χ4n) is 3.42. The van der Waals surface area contributed by atoms with E-state index in [2.05, 4.69) is 11.4 Å². The summed E-state index contributed by atoms with van der Waals surface area (Å²) >= 11 is 0. The highest BCUT2D eigenvalue weighted by Crippen LogP contribution is 2.20. The molecule has 2 aromatic carbocycles. The zero-order valence-corrected chi connectivity index (χ0v) is 15.9. The Morgan fingerprint density at radius 2 is 1.81 bits per heavy atom. The van der Waals surface area contributed by atoms with E-state index in [1.54, 1.807) is 31.4 Å². The lowest BCUT2D eigenvalue weighted by Gasteiger charge is -2.31. The van der Waals surface area contributed by atoms with Crippen LogP contribution in [0.2, 0.25) is 0 Å². The Bertz CT molecular complexity index is 793. The molecular weight excluding hydrogens is 340 g/mol. The predicted molar refractivity (Wildman–Crippen MR) is 105 cm³/mol. The van der Waals surface area contributed by atoms with Gasteiger partial charge in [0.2, 0.25) is 5.91 Å². The third-order valence-corrected chi connectivity index (χ3v) is 5.04. The minimum Gasteiger partial charge on any atom is -0.497 e. The lowest BCUT2D eigenvalue weighted by Crippen LogP contribution is -2.42. The van der Waals surface area contributed by atoms with Crippen molar-refractivity contribution in [3.05, 3.63) is 65.2 Å². The molecule has 0 atom stereocenters. The van der Waals surface area contributed by atoms with Crippen LogP contribution in [-0.4, -0.2) is 36.9 Å². The summed E-state index contributed by atoms with van der Waals surface area (Å²) in [6.45, 7) is 3.80. The molecule has 0 bridgehead atoms. The number of amides is 2. The average molecular weight is 366 g/mol. The molecule has 1 heterocycles. The Labute approximate surface area is 160 Å². The number of methoxy groups -OCH3 is 1. The standard InChI is InChI=1S/C22H26N2O3/c1-16-4-3-5-17(14-16)15-23-21(25)18-10-12-24(13-11-18)22(26)19-6-8-20(27-2)9-7-19/h3-9,14,18H,10-13,15H2,1-2H3,(H,23,25). The van der Waals surface area contributed by atoms with E-state index in [1.165, 1.54) is 5.56 Å². The molecule has 0 saturated carbocycles. The normalized spacial score (nSPS) is 14.7. The van der Waals surface area contributed by atoms with Crippen molar-refractivity contribution in [2.45, 2.75) is 26.3 Å². The van der Waals surface area contributed by atoms with Gasteiger partial charge in [-0.05, 0) is 49.6 Å². The van der Waals surface area contributed by atoms with Crippen LogP contribution in [0.4, 0.5) is 0 Å². The molecule has 0 aliphatic carbocycles. The fraction of sp³-hybridized carbons (Fsp3) is 0.364. The van der Waals surface area contributed by atoms with Gasteiger partial charge in [-0.15, -0.1) is 0 Å². The molecule has 0 unspecified atom stereocenters. The second-order valence-electron chi connectivity index (χ2n) is 7.00. The van der Waals surface area contributed by atoms with Crippen molar-refractivity contribution in [3.63, 3.8) is 0 Å². The van der Waals surface area contributed by atoms with Crippen LogP contribution in [0, 0.1) is 12.8 Å². The van der Waals surface area contributed by atoms with Crippen molar-refractivity contribution < 1.29 is 14.3 Å². The van der Waals surface area contributed by atoms with E-state index in [9.17, 15) is 9.59 Å². The summed E-state index contributed by atoms with van der Waals surface area (Å²) in [5, 5.41) is 3.03. The topological polar surface area (TPSA) is 58.6 Å². The van der Waals surface area contributed by atoms with Gasteiger partial charge in [0.05, 0.1) is 7.11 Å². The van der Waals surface area contributed by atoms with Crippen molar-refractivity contribution in [2.75, 3.05) is 20.2 Å². The molecular formula is C22H26N2O3. The summed E-state index contributed by atoms with van der Waals surface area (Å²) < 4.78 is 5.13. The smallest absolute Gasteiger partial charge is 0.253 e. The number of hydrogen-bond acceptors (Lipinski definition) is 3. The molecule has 2 aromatic rings. The van der Waals surface area contributed by atoms with E-state index >= 15 is 0 Å². The van der Waals surface area contributed by atoms with E-state index in [4.69, 9.17) is 4.74 Å². The quantitative estimate of drug-likeness (QED) is 0.884. The first kappa shape index (κ1) is 19.0. The van der Waals surface area contributed by atoms with Crippen LogP contribution in [-0.2, 0) is 11.3 Å². The molecule has 1 aliphatic rings. The lowest BCUT2D eigenvalue weighted by molar-refractivity contribution is -0.126. The number of rotatable bonds is 5.